The SMILES string of the molecule is Cc1nnc2c(NCc3ccccc3C(F)(F)F)nccn12. The van der Waals surface area contributed by atoms with Crippen molar-refractivity contribution in [3.05, 3.63) is 53.6 Å². The number of aryl methyl sites for hydroxylation is 1. The van der Waals surface area contributed by atoms with Crippen molar-refractivity contribution < 1.29 is 13.2 Å². The van der Waals surface area contributed by atoms with Gasteiger partial charge in [-0.1, -0.05) is 18.2 Å². The normalized spacial score (nSPS) is 11.8. The number of rotatable bonds is 3. The molecule has 3 aromatic rings. The highest BCUT2D eigenvalue weighted by molar-refractivity contribution is 5.62. The number of anilines is 1. The van der Waals surface area contributed by atoms with E-state index in [0.29, 0.717) is 17.3 Å². The fourth-order valence-corrected chi connectivity index (χ4v) is 2.20. The minimum absolute atomic E-state index is 0.00569. The highest BCUT2D eigenvalue weighted by Gasteiger charge is 2.32. The number of halogens is 3. The van der Waals surface area contributed by atoms with Gasteiger partial charge in [-0.3, -0.25) is 4.40 Å². The lowest BCUT2D eigenvalue weighted by Crippen LogP contribution is -2.12. The van der Waals surface area contributed by atoms with Crippen molar-refractivity contribution >= 4 is 11.5 Å². The maximum atomic E-state index is 13.0. The van der Waals surface area contributed by atoms with E-state index in [-0.39, 0.29) is 12.1 Å². The van der Waals surface area contributed by atoms with Crippen LogP contribution in [0.1, 0.15) is 17.0 Å². The molecule has 0 aliphatic rings. The molecule has 5 nitrogen and oxygen atoms in total. The molecule has 3 rings (SSSR count). The summed E-state index contributed by atoms with van der Waals surface area (Å²) in [7, 11) is 0. The molecule has 0 amide bonds. The van der Waals surface area contributed by atoms with Crippen LogP contribution in [0.25, 0.3) is 5.65 Å². The topological polar surface area (TPSA) is 55.1 Å². The second kappa shape index (κ2) is 5.28. The Morgan fingerprint density at radius 2 is 1.95 bits per heavy atom. The summed E-state index contributed by atoms with van der Waals surface area (Å²) >= 11 is 0. The van der Waals surface area contributed by atoms with Gasteiger partial charge in [0.05, 0.1) is 5.56 Å². The second-order valence-corrected chi connectivity index (χ2v) is 4.73. The van der Waals surface area contributed by atoms with E-state index < -0.39 is 11.7 Å². The monoisotopic (exact) mass is 307 g/mol. The first-order valence-electron chi connectivity index (χ1n) is 6.52. The first-order chi connectivity index (χ1) is 10.5. The third-order valence-electron chi connectivity index (χ3n) is 3.27. The quantitative estimate of drug-likeness (QED) is 0.808. The molecular weight excluding hydrogens is 295 g/mol. The van der Waals surface area contributed by atoms with Gasteiger partial charge in [0.25, 0.3) is 0 Å². The lowest BCUT2D eigenvalue weighted by atomic mass is 10.1. The zero-order valence-corrected chi connectivity index (χ0v) is 11.6. The Morgan fingerprint density at radius 1 is 1.18 bits per heavy atom. The molecule has 0 unspecified atom stereocenters. The van der Waals surface area contributed by atoms with Gasteiger partial charge in [-0.15, -0.1) is 10.2 Å². The lowest BCUT2D eigenvalue weighted by molar-refractivity contribution is -0.138. The molecule has 0 spiro atoms. The average molecular weight is 307 g/mol. The van der Waals surface area contributed by atoms with Crippen LogP contribution in [0.2, 0.25) is 0 Å². The molecule has 114 valence electrons. The fourth-order valence-electron chi connectivity index (χ4n) is 2.20. The summed E-state index contributed by atoms with van der Waals surface area (Å²) in [6.07, 6.45) is -1.15. The van der Waals surface area contributed by atoms with Crippen LogP contribution in [0.5, 0.6) is 0 Å². The van der Waals surface area contributed by atoms with Crippen LogP contribution in [0, 0.1) is 6.92 Å². The number of aromatic nitrogens is 4. The van der Waals surface area contributed by atoms with Crippen LogP contribution >= 0.6 is 0 Å². The molecule has 0 radical (unpaired) electrons. The van der Waals surface area contributed by atoms with E-state index in [4.69, 9.17) is 0 Å². The van der Waals surface area contributed by atoms with Crippen molar-refractivity contribution in [2.45, 2.75) is 19.6 Å². The molecule has 2 aromatic heterocycles. The van der Waals surface area contributed by atoms with Crippen LogP contribution < -0.4 is 5.32 Å². The van der Waals surface area contributed by atoms with E-state index in [2.05, 4.69) is 20.5 Å². The van der Waals surface area contributed by atoms with Gasteiger partial charge >= 0.3 is 6.18 Å². The van der Waals surface area contributed by atoms with Crippen LogP contribution in [0.4, 0.5) is 19.0 Å². The lowest BCUT2D eigenvalue weighted by Gasteiger charge is -2.13. The first-order valence-corrected chi connectivity index (χ1v) is 6.52. The Labute approximate surface area is 123 Å². The summed E-state index contributed by atoms with van der Waals surface area (Å²) in [4.78, 5) is 4.11. The number of hydrogen-bond acceptors (Lipinski definition) is 4. The van der Waals surface area contributed by atoms with Crippen molar-refractivity contribution in [3.63, 3.8) is 0 Å². The molecule has 0 aliphatic carbocycles. The molecule has 2 heterocycles. The van der Waals surface area contributed by atoms with Crippen LogP contribution in [-0.4, -0.2) is 19.6 Å². The Kier molecular flexibility index (Phi) is 3.44. The second-order valence-electron chi connectivity index (χ2n) is 4.73. The third-order valence-corrected chi connectivity index (χ3v) is 3.27. The molecule has 1 aromatic carbocycles. The standard InChI is InChI=1S/C14H12F3N5/c1-9-20-21-13-12(18-6-7-22(9)13)19-8-10-4-2-3-5-11(10)14(15,16)17/h2-7H,8H2,1H3,(H,18,19). The molecule has 22 heavy (non-hydrogen) atoms. The van der Waals surface area contributed by atoms with Gasteiger partial charge in [0.1, 0.15) is 5.82 Å². The van der Waals surface area contributed by atoms with E-state index in [9.17, 15) is 13.2 Å². The number of nitrogens with one attached hydrogen (secondary N) is 1. The zero-order chi connectivity index (χ0) is 15.7. The maximum absolute atomic E-state index is 13.0. The summed E-state index contributed by atoms with van der Waals surface area (Å²) < 4.78 is 40.6. The van der Waals surface area contributed by atoms with Gasteiger partial charge in [0.15, 0.2) is 5.82 Å². The molecule has 0 fully saturated rings. The molecule has 0 bridgehead atoms. The highest BCUT2D eigenvalue weighted by atomic mass is 19.4. The van der Waals surface area contributed by atoms with Crippen molar-refractivity contribution in [2.24, 2.45) is 0 Å². The number of hydrogen-bond donors (Lipinski definition) is 1. The summed E-state index contributed by atoms with van der Waals surface area (Å²) in [6, 6.07) is 5.44. The van der Waals surface area contributed by atoms with E-state index >= 15 is 0 Å². The van der Waals surface area contributed by atoms with Crippen molar-refractivity contribution in [1.82, 2.24) is 19.6 Å². The maximum Gasteiger partial charge on any atom is 0.416 e. The summed E-state index contributed by atoms with van der Waals surface area (Å²) in [5, 5.41) is 10.8. The highest BCUT2D eigenvalue weighted by Crippen LogP contribution is 2.32. The van der Waals surface area contributed by atoms with E-state index in [1.54, 1.807) is 29.8 Å². The molecule has 8 heteroatoms. The Balaban J connectivity index is 1.89. The Morgan fingerprint density at radius 3 is 2.73 bits per heavy atom. The zero-order valence-electron chi connectivity index (χ0n) is 11.6. The van der Waals surface area contributed by atoms with Gasteiger partial charge in [0, 0.05) is 18.9 Å². The van der Waals surface area contributed by atoms with Gasteiger partial charge in [-0.25, -0.2) is 4.98 Å². The number of alkyl halides is 3. The largest absolute Gasteiger partial charge is 0.416 e. The summed E-state index contributed by atoms with van der Waals surface area (Å²) in [5.74, 6) is 1.07. The van der Waals surface area contributed by atoms with Gasteiger partial charge in [0.2, 0.25) is 5.65 Å². The van der Waals surface area contributed by atoms with Gasteiger partial charge in [-0.05, 0) is 18.6 Å². The minimum Gasteiger partial charge on any atom is -0.363 e. The average Bonchev–Trinajstić information content (AvgIpc) is 2.87. The number of nitrogens with zero attached hydrogens (tertiary/aromatic N) is 4. The van der Waals surface area contributed by atoms with Crippen molar-refractivity contribution in [3.8, 4) is 0 Å². The molecule has 0 saturated heterocycles. The summed E-state index contributed by atoms with van der Waals surface area (Å²) in [6.45, 7) is 1.77. The molecule has 1 N–H and O–H groups in total. The third kappa shape index (κ3) is 2.59. The predicted molar refractivity (Wildman–Crippen MR) is 74.3 cm³/mol. The number of benzene rings is 1. The van der Waals surface area contributed by atoms with Crippen LogP contribution in [0.15, 0.2) is 36.7 Å². The van der Waals surface area contributed by atoms with Crippen LogP contribution in [-0.2, 0) is 12.7 Å². The Hall–Kier alpha value is -2.64. The molecule has 0 aliphatic heterocycles. The van der Waals surface area contributed by atoms with E-state index in [1.165, 1.54) is 12.1 Å². The summed E-state index contributed by atoms with van der Waals surface area (Å²) in [5.41, 5.74) is -0.0355. The number of fused-ring (bicyclic) bond motifs is 1. The first kappa shape index (κ1) is 14.3. The van der Waals surface area contributed by atoms with Crippen molar-refractivity contribution in [1.29, 1.82) is 0 Å². The van der Waals surface area contributed by atoms with Gasteiger partial charge < -0.3 is 5.32 Å². The smallest absolute Gasteiger partial charge is 0.363 e. The van der Waals surface area contributed by atoms with E-state index in [1.807, 2.05) is 0 Å². The van der Waals surface area contributed by atoms with Gasteiger partial charge in [-0.2, -0.15) is 13.2 Å². The molecule has 0 atom stereocenters. The van der Waals surface area contributed by atoms with Crippen LogP contribution in [0.3, 0.4) is 0 Å². The minimum atomic E-state index is -4.39. The van der Waals surface area contributed by atoms with Crippen molar-refractivity contribution in [2.75, 3.05) is 5.32 Å². The molecule has 0 saturated carbocycles. The molecular formula is C14H12F3N5. The Bertz CT molecular complexity index is 810. The van der Waals surface area contributed by atoms with E-state index in [0.717, 1.165) is 6.07 Å². The fraction of sp³-hybridized carbons (Fsp3) is 0.214. The predicted octanol–water partition coefficient (Wildman–Crippen LogP) is 3.06.